The Morgan fingerprint density at radius 3 is 2.63 bits per heavy atom. The highest BCUT2D eigenvalue weighted by Gasteiger charge is 2.52. The normalized spacial score (nSPS) is 44.9. The average Bonchev–Trinajstić information content (AvgIpc) is 3.34. The van der Waals surface area contributed by atoms with Gasteiger partial charge < -0.3 is 40.3 Å². The van der Waals surface area contributed by atoms with Gasteiger partial charge in [0.05, 0.1) is 18.8 Å². The SMILES string of the molecule is Cc1c([C@H](C)[C@@H]2NC[C@@H](C)C[C@H]2O)ccc2c1C[C@@H]1[C@H]2CC=C2C[C@@H](O[C@H]3O[C@@H](CO)[C@H](O)[C@@H](O)[C@@H]3O)CC[C@]21C. The number of hydrogen-bond donors (Lipinski definition) is 6. The molecule has 1 aromatic rings. The van der Waals surface area contributed by atoms with Crippen LogP contribution in [-0.2, 0) is 15.9 Å². The van der Waals surface area contributed by atoms with Crippen LogP contribution in [0.5, 0.6) is 0 Å². The molecule has 6 N–H and O–H groups in total. The van der Waals surface area contributed by atoms with E-state index in [1.165, 1.54) is 27.8 Å². The van der Waals surface area contributed by atoms with Gasteiger partial charge in [-0.3, -0.25) is 0 Å². The minimum atomic E-state index is -1.43. The Morgan fingerprint density at radius 1 is 1.12 bits per heavy atom. The number of aliphatic hydroxyl groups is 5. The highest BCUT2D eigenvalue weighted by molar-refractivity contribution is 5.50. The van der Waals surface area contributed by atoms with Crippen LogP contribution >= 0.6 is 0 Å². The van der Waals surface area contributed by atoms with Crippen molar-refractivity contribution in [3.8, 4) is 0 Å². The van der Waals surface area contributed by atoms with Crippen LogP contribution in [0.3, 0.4) is 0 Å². The van der Waals surface area contributed by atoms with Crippen LogP contribution < -0.4 is 5.32 Å². The molecule has 2 saturated heterocycles. The van der Waals surface area contributed by atoms with E-state index in [0.717, 1.165) is 45.1 Å². The van der Waals surface area contributed by atoms with Gasteiger partial charge in [-0.15, -0.1) is 0 Å². The van der Waals surface area contributed by atoms with Crippen LogP contribution in [0, 0.1) is 24.2 Å². The van der Waals surface area contributed by atoms with Crippen molar-refractivity contribution < 1.29 is 35.0 Å². The lowest BCUT2D eigenvalue weighted by atomic mass is 9.57. The van der Waals surface area contributed by atoms with Gasteiger partial charge in [0, 0.05) is 6.04 Å². The number of hydrogen-bond acceptors (Lipinski definition) is 8. The van der Waals surface area contributed by atoms with Crippen LogP contribution in [0.15, 0.2) is 23.8 Å². The van der Waals surface area contributed by atoms with E-state index >= 15 is 0 Å². The zero-order chi connectivity index (χ0) is 29.2. The van der Waals surface area contributed by atoms with Gasteiger partial charge in [0.2, 0.25) is 0 Å². The predicted octanol–water partition coefficient (Wildman–Crippen LogP) is 2.42. The number of rotatable bonds is 5. The van der Waals surface area contributed by atoms with Crippen LogP contribution in [0.1, 0.15) is 87.0 Å². The van der Waals surface area contributed by atoms with E-state index in [4.69, 9.17) is 9.47 Å². The van der Waals surface area contributed by atoms with Gasteiger partial charge >= 0.3 is 0 Å². The van der Waals surface area contributed by atoms with E-state index in [1.54, 1.807) is 0 Å². The molecule has 0 radical (unpaired) electrons. The quantitative estimate of drug-likeness (QED) is 0.297. The largest absolute Gasteiger partial charge is 0.394 e. The summed E-state index contributed by atoms with van der Waals surface area (Å²) in [6.07, 6.45) is 1.14. The van der Waals surface area contributed by atoms with E-state index in [0.29, 0.717) is 17.8 Å². The molecule has 2 aliphatic heterocycles. The molecule has 8 nitrogen and oxygen atoms in total. The summed E-state index contributed by atoms with van der Waals surface area (Å²) in [4.78, 5) is 0. The first-order valence-corrected chi connectivity index (χ1v) is 15.7. The van der Waals surface area contributed by atoms with E-state index in [9.17, 15) is 25.5 Å². The van der Waals surface area contributed by atoms with Crippen molar-refractivity contribution in [1.29, 1.82) is 0 Å². The average molecular weight is 572 g/mol. The van der Waals surface area contributed by atoms with Crippen LogP contribution in [-0.4, -0.2) is 87.6 Å². The lowest BCUT2D eigenvalue weighted by Crippen LogP contribution is -2.59. The summed E-state index contributed by atoms with van der Waals surface area (Å²) < 4.78 is 11.8. The summed E-state index contributed by atoms with van der Waals surface area (Å²) in [5, 5.41) is 54.8. The third-order valence-electron chi connectivity index (χ3n) is 11.6. The van der Waals surface area contributed by atoms with Crippen molar-refractivity contribution in [3.05, 3.63) is 46.0 Å². The number of aliphatic hydroxyl groups excluding tert-OH is 5. The minimum Gasteiger partial charge on any atom is -0.394 e. The molecule has 6 rings (SSSR count). The molecule has 1 saturated carbocycles. The molecule has 3 fully saturated rings. The molecule has 41 heavy (non-hydrogen) atoms. The molecule has 0 bridgehead atoms. The van der Waals surface area contributed by atoms with E-state index < -0.39 is 37.3 Å². The Labute approximate surface area is 243 Å². The molecule has 1 aromatic carbocycles. The van der Waals surface area contributed by atoms with Crippen LogP contribution in [0.25, 0.3) is 0 Å². The van der Waals surface area contributed by atoms with E-state index in [-0.39, 0.29) is 29.6 Å². The number of benzene rings is 1. The van der Waals surface area contributed by atoms with Gasteiger partial charge in [0.1, 0.15) is 24.4 Å². The second kappa shape index (κ2) is 11.3. The van der Waals surface area contributed by atoms with Gasteiger partial charge in [-0.1, -0.05) is 44.6 Å². The maximum atomic E-state index is 10.8. The fourth-order valence-corrected chi connectivity index (χ4v) is 8.96. The van der Waals surface area contributed by atoms with Crippen molar-refractivity contribution in [2.24, 2.45) is 17.3 Å². The Kier molecular flexibility index (Phi) is 8.18. The van der Waals surface area contributed by atoms with Gasteiger partial charge in [-0.25, -0.2) is 0 Å². The fraction of sp³-hybridized carbons (Fsp3) is 0.758. The summed E-state index contributed by atoms with van der Waals surface area (Å²) in [7, 11) is 0. The summed E-state index contributed by atoms with van der Waals surface area (Å²) in [5.41, 5.74) is 7.20. The second-order valence-corrected chi connectivity index (χ2v) is 14.0. The smallest absolute Gasteiger partial charge is 0.186 e. The van der Waals surface area contributed by atoms with Crippen molar-refractivity contribution >= 4 is 0 Å². The summed E-state index contributed by atoms with van der Waals surface area (Å²) >= 11 is 0. The maximum Gasteiger partial charge on any atom is 0.186 e. The van der Waals surface area contributed by atoms with E-state index in [1.807, 2.05) is 0 Å². The zero-order valence-electron chi connectivity index (χ0n) is 24.9. The molecule has 5 aliphatic rings. The zero-order valence-corrected chi connectivity index (χ0v) is 24.9. The van der Waals surface area contributed by atoms with E-state index in [2.05, 4.69) is 51.2 Å². The molecule has 228 valence electrons. The van der Waals surface area contributed by atoms with Crippen LogP contribution in [0.4, 0.5) is 0 Å². The topological polar surface area (TPSA) is 132 Å². The maximum absolute atomic E-state index is 10.8. The molecule has 3 aliphatic carbocycles. The van der Waals surface area contributed by atoms with Gasteiger partial charge in [0.15, 0.2) is 6.29 Å². The Bertz CT molecular complexity index is 1150. The predicted molar refractivity (Wildman–Crippen MR) is 154 cm³/mol. The van der Waals surface area contributed by atoms with Crippen molar-refractivity contribution in [3.63, 3.8) is 0 Å². The molecule has 0 unspecified atom stereocenters. The highest BCUT2D eigenvalue weighted by Crippen LogP contribution is 2.60. The molecular weight excluding hydrogens is 522 g/mol. The number of piperidine rings is 1. The van der Waals surface area contributed by atoms with Crippen molar-refractivity contribution in [1.82, 2.24) is 5.32 Å². The van der Waals surface area contributed by atoms with Crippen molar-refractivity contribution in [2.75, 3.05) is 13.2 Å². The lowest BCUT2D eigenvalue weighted by molar-refractivity contribution is -0.312. The second-order valence-electron chi connectivity index (χ2n) is 14.0. The highest BCUT2D eigenvalue weighted by atomic mass is 16.7. The van der Waals surface area contributed by atoms with Crippen LogP contribution in [0.2, 0.25) is 0 Å². The monoisotopic (exact) mass is 571 g/mol. The van der Waals surface area contributed by atoms with Crippen molar-refractivity contribution in [2.45, 2.75) is 127 Å². The number of nitrogens with one attached hydrogen (secondary N) is 1. The Morgan fingerprint density at radius 2 is 1.90 bits per heavy atom. The minimum absolute atomic E-state index is 0.0622. The lowest BCUT2D eigenvalue weighted by Gasteiger charge is -2.50. The molecule has 8 heteroatoms. The molecule has 0 spiro atoms. The molecule has 0 aromatic heterocycles. The molecule has 13 atom stereocenters. The third-order valence-corrected chi connectivity index (χ3v) is 11.6. The molecule has 2 heterocycles. The first-order valence-electron chi connectivity index (χ1n) is 15.7. The first kappa shape index (κ1) is 29.7. The fourth-order valence-electron chi connectivity index (χ4n) is 8.96. The summed E-state index contributed by atoms with van der Waals surface area (Å²) in [5.74, 6) is 1.76. The third kappa shape index (κ3) is 5.02. The Hall–Kier alpha value is -1.36. The molecule has 0 amide bonds. The first-order chi connectivity index (χ1) is 19.5. The summed E-state index contributed by atoms with van der Waals surface area (Å²) in [6.45, 7) is 9.63. The number of fused-ring (bicyclic) bond motifs is 5. The number of ether oxygens (including phenoxy) is 2. The number of allylic oxidation sites excluding steroid dienone is 1. The Balaban J connectivity index is 1.16. The van der Waals surface area contributed by atoms with Gasteiger partial charge in [0.25, 0.3) is 0 Å². The standard InChI is InChI=1S/C33H49NO7/c1-16-11-26(36)28(34-14-16)18(3)21-7-8-22-23-6-5-19-12-20(9-10-33(19,4)25(23)13-24(22)17(21)2)40-32-31(39)30(38)29(37)27(15-35)41-32/h5,7-8,16,18,20,23,25-32,34-39H,6,9-15H2,1-4H3/t16-,18-,20-,23-,25+,26+,27-,28-,29-,30+,31-,32-,33+/m0/s1. The summed E-state index contributed by atoms with van der Waals surface area (Å²) in [6, 6.07) is 4.77. The van der Waals surface area contributed by atoms with Gasteiger partial charge in [-0.2, -0.15) is 0 Å². The van der Waals surface area contributed by atoms with Gasteiger partial charge in [-0.05, 0) is 103 Å². The molecular formula is C33H49NO7.